The standard InChI is InChI=1S/C11H11BrF2N4O2S/c1-18-11(10(12)16-17-18)21(19,20)15-3-2-7-4-8(13)6-9(14)5-7/h4-6,15H,2-3H2,1H3. The molecule has 0 spiro atoms. The molecule has 0 fully saturated rings. The Hall–Kier alpha value is -1.39. The van der Waals surface area contributed by atoms with E-state index in [0.717, 1.165) is 22.9 Å². The van der Waals surface area contributed by atoms with Crippen molar-refractivity contribution >= 4 is 26.0 Å². The number of hydrogen-bond acceptors (Lipinski definition) is 4. The lowest BCUT2D eigenvalue weighted by Crippen LogP contribution is -2.28. The largest absolute Gasteiger partial charge is 0.260 e. The van der Waals surface area contributed by atoms with Crippen molar-refractivity contribution in [2.24, 2.45) is 7.05 Å². The number of halogens is 3. The normalized spacial score (nSPS) is 11.8. The number of aromatic nitrogens is 3. The molecule has 6 nitrogen and oxygen atoms in total. The molecule has 0 aliphatic carbocycles. The summed E-state index contributed by atoms with van der Waals surface area (Å²) in [7, 11) is -2.38. The van der Waals surface area contributed by atoms with Gasteiger partial charge >= 0.3 is 0 Å². The molecule has 10 heteroatoms. The second-order valence-corrected chi connectivity index (χ2v) is 6.67. The first-order chi connectivity index (χ1) is 9.79. The molecule has 1 heterocycles. The maximum Gasteiger partial charge on any atom is 0.260 e. The topological polar surface area (TPSA) is 76.9 Å². The summed E-state index contributed by atoms with van der Waals surface area (Å²) in [6.45, 7) is -0.0111. The van der Waals surface area contributed by atoms with Crippen molar-refractivity contribution in [1.82, 2.24) is 19.7 Å². The molecule has 2 aromatic rings. The molecule has 1 N–H and O–H groups in total. The number of aryl methyl sites for hydroxylation is 1. The van der Waals surface area contributed by atoms with Crippen LogP contribution in [0, 0.1) is 11.6 Å². The highest BCUT2D eigenvalue weighted by Crippen LogP contribution is 2.17. The van der Waals surface area contributed by atoms with Gasteiger partial charge in [-0.25, -0.2) is 26.6 Å². The van der Waals surface area contributed by atoms with E-state index in [1.54, 1.807) is 0 Å². The summed E-state index contributed by atoms with van der Waals surface area (Å²) < 4.78 is 53.7. The third-order valence-electron chi connectivity index (χ3n) is 2.62. The molecule has 0 radical (unpaired) electrons. The number of sulfonamides is 1. The van der Waals surface area contributed by atoms with Gasteiger partial charge in [0.1, 0.15) is 11.6 Å². The number of nitrogens with one attached hydrogen (secondary N) is 1. The minimum absolute atomic E-state index is 0.0111. The van der Waals surface area contributed by atoms with Crippen molar-refractivity contribution in [3.8, 4) is 0 Å². The summed E-state index contributed by atoms with van der Waals surface area (Å²) >= 11 is 3.00. The third kappa shape index (κ3) is 3.83. The highest BCUT2D eigenvalue weighted by atomic mass is 79.9. The lowest BCUT2D eigenvalue weighted by atomic mass is 10.1. The van der Waals surface area contributed by atoms with Crippen molar-refractivity contribution in [1.29, 1.82) is 0 Å². The smallest absolute Gasteiger partial charge is 0.235 e. The van der Waals surface area contributed by atoms with Gasteiger partial charge in [0.25, 0.3) is 10.0 Å². The number of nitrogens with zero attached hydrogens (tertiary/aromatic N) is 3. The van der Waals surface area contributed by atoms with Gasteiger partial charge in [-0.1, -0.05) is 5.21 Å². The van der Waals surface area contributed by atoms with Gasteiger partial charge in [0, 0.05) is 19.7 Å². The summed E-state index contributed by atoms with van der Waals surface area (Å²) in [5.41, 5.74) is 0.359. The van der Waals surface area contributed by atoms with E-state index in [0.29, 0.717) is 5.56 Å². The van der Waals surface area contributed by atoms with Crippen LogP contribution in [0.1, 0.15) is 5.56 Å². The summed E-state index contributed by atoms with van der Waals surface area (Å²) in [4.78, 5) is 0. The SMILES string of the molecule is Cn1nnc(Br)c1S(=O)(=O)NCCc1cc(F)cc(F)c1. The van der Waals surface area contributed by atoms with Crippen molar-refractivity contribution in [2.75, 3.05) is 6.54 Å². The first-order valence-electron chi connectivity index (χ1n) is 5.79. The highest BCUT2D eigenvalue weighted by Gasteiger charge is 2.23. The van der Waals surface area contributed by atoms with E-state index in [1.165, 1.54) is 7.05 Å². The van der Waals surface area contributed by atoms with Crippen molar-refractivity contribution in [3.63, 3.8) is 0 Å². The Labute approximate surface area is 128 Å². The second-order valence-electron chi connectivity index (χ2n) is 4.23. The second kappa shape index (κ2) is 6.16. The first kappa shape index (κ1) is 16.0. The maximum absolute atomic E-state index is 13.0. The molecule has 0 bridgehead atoms. The zero-order chi connectivity index (χ0) is 15.6. The van der Waals surface area contributed by atoms with Gasteiger partial charge in [-0.2, -0.15) is 0 Å². The summed E-state index contributed by atoms with van der Waals surface area (Å²) in [6, 6.07) is 3.06. The van der Waals surface area contributed by atoms with Gasteiger partial charge in [-0.3, -0.25) is 0 Å². The fourth-order valence-electron chi connectivity index (χ4n) is 1.76. The Morgan fingerprint density at radius 2 is 1.90 bits per heavy atom. The molecule has 21 heavy (non-hydrogen) atoms. The van der Waals surface area contributed by atoms with Crippen LogP contribution in [0.5, 0.6) is 0 Å². The van der Waals surface area contributed by atoms with Crippen molar-refractivity contribution in [2.45, 2.75) is 11.4 Å². The zero-order valence-corrected chi connectivity index (χ0v) is 13.2. The van der Waals surface area contributed by atoms with Crippen molar-refractivity contribution < 1.29 is 17.2 Å². The zero-order valence-electron chi connectivity index (χ0n) is 10.8. The van der Waals surface area contributed by atoms with Crippen LogP contribution in [0.3, 0.4) is 0 Å². The first-order valence-corrected chi connectivity index (χ1v) is 8.07. The number of rotatable bonds is 5. The molecule has 0 unspecified atom stereocenters. The molecule has 114 valence electrons. The Morgan fingerprint density at radius 1 is 1.29 bits per heavy atom. The van der Waals surface area contributed by atoms with Gasteiger partial charge in [-0.15, -0.1) is 5.10 Å². The van der Waals surface area contributed by atoms with Gasteiger partial charge in [0.15, 0.2) is 4.60 Å². The Morgan fingerprint density at radius 3 is 2.43 bits per heavy atom. The van der Waals surface area contributed by atoms with E-state index < -0.39 is 21.7 Å². The van der Waals surface area contributed by atoms with Gasteiger partial charge in [-0.05, 0) is 40.0 Å². The van der Waals surface area contributed by atoms with E-state index in [4.69, 9.17) is 0 Å². The van der Waals surface area contributed by atoms with Crippen LogP contribution in [-0.2, 0) is 23.5 Å². The minimum Gasteiger partial charge on any atom is -0.235 e. The van der Waals surface area contributed by atoms with Crippen LogP contribution in [-0.4, -0.2) is 30.0 Å². The van der Waals surface area contributed by atoms with Crippen LogP contribution < -0.4 is 4.72 Å². The Kier molecular flexibility index (Phi) is 4.69. The molecule has 0 saturated carbocycles. The monoisotopic (exact) mass is 380 g/mol. The molecular formula is C11H11BrF2N4O2S. The molecule has 0 amide bonds. The van der Waals surface area contributed by atoms with Crippen LogP contribution in [0.4, 0.5) is 8.78 Å². The van der Waals surface area contributed by atoms with Crippen LogP contribution in [0.25, 0.3) is 0 Å². The number of hydrogen-bond donors (Lipinski definition) is 1. The quantitative estimate of drug-likeness (QED) is 0.849. The van der Waals surface area contributed by atoms with E-state index in [-0.39, 0.29) is 22.6 Å². The van der Waals surface area contributed by atoms with E-state index in [9.17, 15) is 17.2 Å². The van der Waals surface area contributed by atoms with E-state index >= 15 is 0 Å². The molecule has 0 aliphatic rings. The molecular weight excluding hydrogens is 370 g/mol. The molecule has 1 aromatic carbocycles. The molecule has 1 aromatic heterocycles. The van der Waals surface area contributed by atoms with Gasteiger partial charge in [0.05, 0.1) is 0 Å². The Balaban J connectivity index is 2.06. The molecule has 0 aliphatic heterocycles. The van der Waals surface area contributed by atoms with Crippen molar-refractivity contribution in [3.05, 3.63) is 40.0 Å². The fourth-order valence-corrected chi connectivity index (χ4v) is 3.88. The number of benzene rings is 1. The minimum atomic E-state index is -3.82. The average Bonchev–Trinajstić information content (AvgIpc) is 2.68. The predicted molar refractivity (Wildman–Crippen MR) is 74.0 cm³/mol. The summed E-state index contributed by atoms with van der Waals surface area (Å²) in [6.07, 6.45) is 0.150. The molecule has 0 saturated heterocycles. The van der Waals surface area contributed by atoms with Crippen LogP contribution >= 0.6 is 15.9 Å². The lowest BCUT2D eigenvalue weighted by Gasteiger charge is -2.07. The highest BCUT2D eigenvalue weighted by molar-refractivity contribution is 9.10. The average molecular weight is 381 g/mol. The summed E-state index contributed by atoms with van der Waals surface area (Å²) in [5.74, 6) is -1.40. The van der Waals surface area contributed by atoms with Crippen LogP contribution in [0.2, 0.25) is 0 Å². The lowest BCUT2D eigenvalue weighted by molar-refractivity contribution is 0.560. The molecule has 2 rings (SSSR count). The van der Waals surface area contributed by atoms with E-state index in [2.05, 4.69) is 31.0 Å². The molecule has 0 atom stereocenters. The predicted octanol–water partition coefficient (Wildman–Crippen LogP) is 1.38. The third-order valence-corrected chi connectivity index (χ3v) is 4.97. The Bertz CT molecular complexity index is 724. The van der Waals surface area contributed by atoms with Gasteiger partial charge < -0.3 is 0 Å². The maximum atomic E-state index is 13.0. The van der Waals surface area contributed by atoms with Crippen LogP contribution in [0.15, 0.2) is 27.8 Å². The van der Waals surface area contributed by atoms with Gasteiger partial charge in [0.2, 0.25) is 5.03 Å². The van der Waals surface area contributed by atoms with E-state index in [1.807, 2.05) is 0 Å². The summed E-state index contributed by atoms with van der Waals surface area (Å²) in [5, 5.41) is 7.04. The fraction of sp³-hybridized carbons (Fsp3) is 0.273.